The van der Waals surface area contributed by atoms with E-state index < -0.39 is 0 Å². The summed E-state index contributed by atoms with van der Waals surface area (Å²) < 4.78 is 5.41. The third-order valence-electron chi connectivity index (χ3n) is 2.84. The molecule has 0 N–H and O–H groups in total. The van der Waals surface area contributed by atoms with Crippen LogP contribution in [0.1, 0.15) is 15.9 Å². The summed E-state index contributed by atoms with van der Waals surface area (Å²) in [6.07, 6.45) is -0.108. The average Bonchev–Trinajstić information content (AvgIpc) is 2.46. The first-order valence-corrected chi connectivity index (χ1v) is 6.25. The van der Waals surface area contributed by atoms with Gasteiger partial charge in [0, 0.05) is 18.7 Å². The number of benzene rings is 1. The lowest BCUT2D eigenvalue weighted by Gasteiger charge is -2.32. The third-order valence-corrected chi connectivity index (χ3v) is 3.18. The molecule has 1 heterocycles. The van der Waals surface area contributed by atoms with Crippen LogP contribution in [0.2, 0.25) is 0 Å². The summed E-state index contributed by atoms with van der Waals surface area (Å²) >= 11 is 5.74. The van der Waals surface area contributed by atoms with Crippen molar-refractivity contribution in [2.45, 2.75) is 6.10 Å². The van der Waals surface area contributed by atoms with Crippen LogP contribution in [0.3, 0.4) is 0 Å². The SMILES string of the molecule is N#Cc1cccc(C(=O)N2CCOC(CCl)C2)c1. The van der Waals surface area contributed by atoms with Gasteiger partial charge in [0.05, 0.1) is 30.2 Å². The van der Waals surface area contributed by atoms with E-state index in [0.29, 0.717) is 36.7 Å². The summed E-state index contributed by atoms with van der Waals surface area (Å²) in [7, 11) is 0. The van der Waals surface area contributed by atoms with Crippen LogP contribution in [-0.4, -0.2) is 42.5 Å². The summed E-state index contributed by atoms with van der Waals surface area (Å²) in [5.74, 6) is 0.299. The Morgan fingerprint density at radius 2 is 2.44 bits per heavy atom. The van der Waals surface area contributed by atoms with Crippen LogP contribution < -0.4 is 0 Å². The number of hydrogen-bond donors (Lipinski definition) is 0. The molecule has 1 aromatic rings. The van der Waals surface area contributed by atoms with Gasteiger partial charge in [0.25, 0.3) is 5.91 Å². The van der Waals surface area contributed by atoms with Crippen LogP contribution in [0.4, 0.5) is 0 Å². The van der Waals surface area contributed by atoms with Crippen molar-refractivity contribution in [1.29, 1.82) is 5.26 Å². The van der Waals surface area contributed by atoms with Crippen molar-refractivity contribution in [3.05, 3.63) is 35.4 Å². The lowest BCUT2D eigenvalue weighted by Crippen LogP contribution is -2.46. The van der Waals surface area contributed by atoms with Crippen LogP contribution in [0.25, 0.3) is 0 Å². The number of ether oxygens (including phenoxy) is 1. The Morgan fingerprint density at radius 1 is 1.61 bits per heavy atom. The second kappa shape index (κ2) is 5.85. The first-order chi connectivity index (χ1) is 8.74. The largest absolute Gasteiger partial charge is 0.373 e. The van der Waals surface area contributed by atoms with E-state index >= 15 is 0 Å². The van der Waals surface area contributed by atoms with Gasteiger partial charge in [-0.25, -0.2) is 0 Å². The zero-order valence-electron chi connectivity index (χ0n) is 9.80. The molecule has 0 bridgehead atoms. The van der Waals surface area contributed by atoms with Crippen molar-refractivity contribution in [3.63, 3.8) is 0 Å². The van der Waals surface area contributed by atoms with Gasteiger partial charge in [-0.2, -0.15) is 5.26 Å². The Morgan fingerprint density at radius 3 is 3.17 bits per heavy atom. The topological polar surface area (TPSA) is 53.3 Å². The van der Waals surface area contributed by atoms with Gasteiger partial charge in [-0.3, -0.25) is 4.79 Å². The molecule has 0 aromatic heterocycles. The molecule has 1 saturated heterocycles. The number of nitrogens with zero attached hydrogens (tertiary/aromatic N) is 2. The van der Waals surface area contributed by atoms with E-state index in [-0.39, 0.29) is 12.0 Å². The van der Waals surface area contributed by atoms with Gasteiger partial charge in [0.15, 0.2) is 0 Å². The molecule has 1 fully saturated rings. The molecule has 1 atom stereocenters. The van der Waals surface area contributed by atoms with Crippen molar-refractivity contribution in [2.75, 3.05) is 25.6 Å². The first-order valence-electron chi connectivity index (χ1n) is 5.71. The van der Waals surface area contributed by atoms with Crippen molar-refractivity contribution >= 4 is 17.5 Å². The maximum Gasteiger partial charge on any atom is 0.254 e. The van der Waals surface area contributed by atoms with Crippen LogP contribution >= 0.6 is 11.6 Å². The fraction of sp³-hybridized carbons (Fsp3) is 0.385. The number of halogens is 1. The van der Waals surface area contributed by atoms with Crippen molar-refractivity contribution in [1.82, 2.24) is 4.90 Å². The summed E-state index contributed by atoms with van der Waals surface area (Å²) in [6, 6.07) is 8.74. The summed E-state index contributed by atoms with van der Waals surface area (Å²) in [6.45, 7) is 1.56. The molecule has 4 nitrogen and oxygen atoms in total. The Balaban J connectivity index is 2.13. The fourth-order valence-electron chi connectivity index (χ4n) is 1.90. The quantitative estimate of drug-likeness (QED) is 0.763. The highest BCUT2D eigenvalue weighted by Crippen LogP contribution is 2.12. The van der Waals surface area contributed by atoms with E-state index in [1.807, 2.05) is 6.07 Å². The lowest BCUT2D eigenvalue weighted by atomic mass is 10.1. The number of carbonyl (C=O) groups is 1. The van der Waals surface area contributed by atoms with E-state index in [1.165, 1.54) is 0 Å². The minimum absolute atomic E-state index is 0.0782. The maximum absolute atomic E-state index is 12.2. The minimum atomic E-state index is -0.108. The molecule has 2 rings (SSSR count). The highest BCUT2D eigenvalue weighted by atomic mass is 35.5. The van der Waals surface area contributed by atoms with Crippen molar-refractivity contribution in [3.8, 4) is 6.07 Å². The standard InChI is InChI=1S/C13H13ClN2O2/c14-7-12-9-16(4-5-18-12)13(17)11-3-1-2-10(6-11)8-15/h1-3,6,12H,4-5,7,9H2. The Labute approximate surface area is 111 Å². The van der Waals surface area contributed by atoms with Gasteiger partial charge in [-0.15, -0.1) is 11.6 Å². The van der Waals surface area contributed by atoms with Gasteiger partial charge in [0.2, 0.25) is 0 Å². The summed E-state index contributed by atoms with van der Waals surface area (Å²) in [4.78, 5) is 14.0. The normalized spacial score (nSPS) is 19.3. The molecule has 5 heteroatoms. The van der Waals surface area contributed by atoms with E-state index in [0.717, 1.165) is 0 Å². The molecule has 0 spiro atoms. The second-order valence-electron chi connectivity index (χ2n) is 4.09. The molecule has 94 valence electrons. The van der Waals surface area contributed by atoms with Crippen LogP contribution in [0.15, 0.2) is 24.3 Å². The number of amides is 1. The molecule has 1 aromatic carbocycles. The molecular formula is C13H13ClN2O2. The van der Waals surface area contributed by atoms with E-state index in [1.54, 1.807) is 29.2 Å². The van der Waals surface area contributed by atoms with Crippen LogP contribution in [0.5, 0.6) is 0 Å². The molecule has 1 amide bonds. The lowest BCUT2D eigenvalue weighted by molar-refractivity contribution is -0.0108. The Hall–Kier alpha value is -1.57. The Kier molecular flexibility index (Phi) is 4.19. The van der Waals surface area contributed by atoms with E-state index in [2.05, 4.69) is 0 Å². The number of alkyl halides is 1. The Bertz CT molecular complexity index is 484. The zero-order chi connectivity index (χ0) is 13.0. The third kappa shape index (κ3) is 2.81. The zero-order valence-corrected chi connectivity index (χ0v) is 10.6. The molecule has 1 aliphatic rings. The summed E-state index contributed by atoms with van der Waals surface area (Å²) in [5.41, 5.74) is 1.02. The van der Waals surface area contributed by atoms with Crippen LogP contribution in [-0.2, 0) is 4.74 Å². The number of carbonyl (C=O) groups excluding carboxylic acids is 1. The van der Waals surface area contributed by atoms with Gasteiger partial charge in [0.1, 0.15) is 0 Å². The average molecular weight is 265 g/mol. The van der Waals surface area contributed by atoms with E-state index in [4.69, 9.17) is 21.6 Å². The van der Waals surface area contributed by atoms with Gasteiger partial charge >= 0.3 is 0 Å². The molecule has 0 aliphatic carbocycles. The van der Waals surface area contributed by atoms with Crippen molar-refractivity contribution < 1.29 is 9.53 Å². The fourth-order valence-corrected chi connectivity index (χ4v) is 2.09. The monoisotopic (exact) mass is 264 g/mol. The van der Waals surface area contributed by atoms with Gasteiger partial charge < -0.3 is 9.64 Å². The predicted molar refractivity (Wildman–Crippen MR) is 67.5 cm³/mol. The molecular weight excluding hydrogens is 252 g/mol. The number of nitriles is 1. The molecule has 18 heavy (non-hydrogen) atoms. The molecule has 0 saturated carbocycles. The van der Waals surface area contributed by atoms with Crippen molar-refractivity contribution in [2.24, 2.45) is 0 Å². The second-order valence-corrected chi connectivity index (χ2v) is 4.40. The molecule has 1 aliphatic heterocycles. The first kappa shape index (κ1) is 12.9. The minimum Gasteiger partial charge on any atom is -0.373 e. The molecule has 0 radical (unpaired) electrons. The highest BCUT2D eigenvalue weighted by molar-refractivity contribution is 6.18. The number of hydrogen-bond acceptors (Lipinski definition) is 3. The highest BCUT2D eigenvalue weighted by Gasteiger charge is 2.24. The smallest absolute Gasteiger partial charge is 0.254 e. The predicted octanol–water partition coefficient (Wildman–Crippen LogP) is 1.64. The van der Waals surface area contributed by atoms with Gasteiger partial charge in [-0.1, -0.05) is 6.07 Å². The summed E-state index contributed by atoms with van der Waals surface area (Å²) in [5, 5.41) is 8.82. The van der Waals surface area contributed by atoms with Crippen LogP contribution in [0, 0.1) is 11.3 Å². The number of rotatable bonds is 2. The molecule has 1 unspecified atom stereocenters. The maximum atomic E-state index is 12.2. The number of morpholine rings is 1. The van der Waals surface area contributed by atoms with Gasteiger partial charge in [-0.05, 0) is 18.2 Å². The van der Waals surface area contributed by atoms with E-state index in [9.17, 15) is 4.79 Å².